The van der Waals surface area contributed by atoms with Gasteiger partial charge in [0.25, 0.3) is 0 Å². The predicted octanol–water partition coefficient (Wildman–Crippen LogP) is 2.26. The van der Waals surface area contributed by atoms with Gasteiger partial charge in [0, 0.05) is 6.42 Å². The molecule has 0 saturated carbocycles. The van der Waals surface area contributed by atoms with E-state index in [4.69, 9.17) is 14.2 Å². The average molecular weight is 493 g/mol. The van der Waals surface area contributed by atoms with Crippen LogP contribution >= 0.6 is 0 Å². The molecule has 0 aliphatic carbocycles. The Hall–Kier alpha value is -3.81. The minimum atomic E-state index is -1.92. The molecule has 10 heteroatoms. The molecule has 0 spiro atoms. The van der Waals surface area contributed by atoms with Crippen molar-refractivity contribution in [2.24, 2.45) is 5.92 Å². The van der Waals surface area contributed by atoms with E-state index >= 15 is 0 Å². The number of hydrogen-bond acceptors (Lipinski definition) is 9. The first-order chi connectivity index (χ1) is 17.2. The molecule has 1 aromatic carbocycles. The van der Waals surface area contributed by atoms with Gasteiger partial charge in [-0.1, -0.05) is 44.2 Å². The Kier molecular flexibility index (Phi) is 7.33. The van der Waals surface area contributed by atoms with Crippen molar-refractivity contribution in [2.45, 2.75) is 57.5 Å². The van der Waals surface area contributed by atoms with Gasteiger partial charge in [0.05, 0.1) is 23.3 Å². The minimum Gasteiger partial charge on any atom is -0.463 e. The fraction of sp³-hybridized carbons (Fsp3) is 0.423. The summed E-state index contributed by atoms with van der Waals surface area (Å²) in [4.78, 5) is 29.1. The molecule has 0 unspecified atom stereocenters. The monoisotopic (exact) mass is 492 g/mol. The van der Waals surface area contributed by atoms with E-state index in [1.807, 2.05) is 32.0 Å². The number of carbonyl (C=O) groups excluding carboxylic acids is 2. The molecule has 10 nitrogen and oxygen atoms in total. The maximum Gasteiger partial charge on any atom is 0.310 e. The Morgan fingerprint density at radius 3 is 2.67 bits per heavy atom. The number of nitrogens with zero attached hydrogens (tertiary/aromatic N) is 4. The Balaban J connectivity index is 1.61. The first kappa shape index (κ1) is 25.3. The summed E-state index contributed by atoms with van der Waals surface area (Å²) in [5.41, 5.74) is 0.399. The van der Waals surface area contributed by atoms with Gasteiger partial charge < -0.3 is 19.3 Å². The molecule has 1 fully saturated rings. The van der Waals surface area contributed by atoms with Crippen LogP contribution in [-0.2, 0) is 35.8 Å². The fourth-order valence-corrected chi connectivity index (χ4v) is 4.30. The van der Waals surface area contributed by atoms with Gasteiger partial charge in [-0.3, -0.25) is 9.59 Å². The highest BCUT2D eigenvalue weighted by atomic mass is 16.6. The number of ether oxygens (including phenoxy) is 3. The molecule has 0 bridgehead atoms. The maximum absolute atomic E-state index is 12.5. The Labute approximate surface area is 208 Å². The van der Waals surface area contributed by atoms with Gasteiger partial charge in [0.15, 0.2) is 6.10 Å². The van der Waals surface area contributed by atoms with Crippen LogP contribution in [0.2, 0.25) is 0 Å². The smallest absolute Gasteiger partial charge is 0.310 e. The molecule has 4 rings (SSSR count). The summed E-state index contributed by atoms with van der Waals surface area (Å²) in [6.07, 6.45) is -2.40. The van der Waals surface area contributed by atoms with Crippen LogP contribution in [0.25, 0.3) is 5.52 Å². The zero-order valence-corrected chi connectivity index (χ0v) is 20.3. The first-order valence-electron chi connectivity index (χ1n) is 11.7. The third-order valence-electron chi connectivity index (χ3n) is 6.06. The highest BCUT2D eigenvalue weighted by Gasteiger charge is 2.60. The van der Waals surface area contributed by atoms with Crippen molar-refractivity contribution in [1.82, 2.24) is 14.6 Å². The fourth-order valence-electron chi connectivity index (χ4n) is 4.30. The van der Waals surface area contributed by atoms with Gasteiger partial charge in [-0.15, -0.1) is 0 Å². The zero-order chi connectivity index (χ0) is 25.9. The standard InChI is InChI=1S/C26H28N4O6/c1-16(2)11-23(32)35-24-20(13-34-22(31)12-18-7-5-4-6-8-18)36-26(14-27,25(24)33)21-10-9-19-17(3)28-15-29-30(19)21/h4-10,15-16,20,24-25,33H,11-13H2,1-3H3/t20-,24-,25-,26+/m1/s1. The topological polar surface area (TPSA) is 136 Å². The van der Waals surface area contributed by atoms with Gasteiger partial charge in [-0.25, -0.2) is 9.50 Å². The van der Waals surface area contributed by atoms with E-state index in [9.17, 15) is 20.0 Å². The van der Waals surface area contributed by atoms with E-state index in [2.05, 4.69) is 16.2 Å². The second kappa shape index (κ2) is 10.4. The van der Waals surface area contributed by atoms with Crippen molar-refractivity contribution < 1.29 is 28.9 Å². The maximum atomic E-state index is 12.5. The SMILES string of the molecule is Cc1ncnn2c([C@]3(C#N)O[C@H](COC(=O)Cc4ccccc4)[C@@H](OC(=O)CC(C)C)[C@H]3O)ccc12. The van der Waals surface area contributed by atoms with Gasteiger partial charge >= 0.3 is 11.9 Å². The molecule has 3 aromatic rings. The molecule has 188 valence electrons. The number of fused-ring (bicyclic) bond motifs is 1. The van der Waals surface area contributed by atoms with Crippen LogP contribution in [-0.4, -0.2) is 56.6 Å². The molecule has 2 aromatic heterocycles. The van der Waals surface area contributed by atoms with E-state index in [0.717, 1.165) is 5.56 Å². The van der Waals surface area contributed by atoms with Gasteiger partial charge in [-0.05, 0) is 30.5 Å². The summed E-state index contributed by atoms with van der Waals surface area (Å²) in [7, 11) is 0. The molecule has 0 radical (unpaired) electrons. The van der Waals surface area contributed by atoms with Crippen molar-refractivity contribution in [3.05, 3.63) is 65.7 Å². The van der Waals surface area contributed by atoms with E-state index in [1.165, 1.54) is 10.8 Å². The number of nitriles is 1. The van der Waals surface area contributed by atoms with Crippen LogP contribution in [0.5, 0.6) is 0 Å². The molecule has 1 saturated heterocycles. The quantitative estimate of drug-likeness (QED) is 0.470. The number of benzene rings is 1. The molecular weight excluding hydrogens is 464 g/mol. The average Bonchev–Trinajstić information content (AvgIpc) is 3.39. The van der Waals surface area contributed by atoms with Crippen molar-refractivity contribution in [2.75, 3.05) is 6.61 Å². The van der Waals surface area contributed by atoms with Crippen molar-refractivity contribution >= 4 is 17.5 Å². The lowest BCUT2D eigenvalue weighted by Gasteiger charge is -2.25. The van der Waals surface area contributed by atoms with Crippen LogP contribution in [0, 0.1) is 24.2 Å². The first-order valence-corrected chi connectivity index (χ1v) is 11.7. The number of aromatic nitrogens is 3. The lowest BCUT2D eigenvalue weighted by Crippen LogP contribution is -2.43. The summed E-state index contributed by atoms with van der Waals surface area (Å²) in [6.45, 7) is 5.19. The van der Waals surface area contributed by atoms with E-state index in [1.54, 1.807) is 31.2 Å². The molecule has 36 heavy (non-hydrogen) atoms. The molecule has 1 aliphatic heterocycles. The number of aliphatic hydroxyl groups excluding tert-OH is 1. The lowest BCUT2D eigenvalue weighted by atomic mass is 9.92. The summed E-state index contributed by atoms with van der Waals surface area (Å²) < 4.78 is 18.6. The number of esters is 2. The Morgan fingerprint density at radius 1 is 1.22 bits per heavy atom. The molecule has 1 N–H and O–H groups in total. The van der Waals surface area contributed by atoms with Gasteiger partial charge in [-0.2, -0.15) is 10.4 Å². The van der Waals surface area contributed by atoms with E-state index in [-0.39, 0.29) is 31.1 Å². The lowest BCUT2D eigenvalue weighted by molar-refractivity contribution is -0.160. The summed E-state index contributed by atoms with van der Waals surface area (Å²) in [5.74, 6) is -1.04. The second-order valence-electron chi connectivity index (χ2n) is 9.21. The Morgan fingerprint density at radius 2 is 1.97 bits per heavy atom. The van der Waals surface area contributed by atoms with E-state index < -0.39 is 35.9 Å². The Bertz CT molecular complexity index is 1280. The third kappa shape index (κ3) is 4.94. The molecule has 3 heterocycles. The molecule has 0 amide bonds. The second-order valence-corrected chi connectivity index (χ2v) is 9.21. The predicted molar refractivity (Wildman–Crippen MR) is 126 cm³/mol. The van der Waals surface area contributed by atoms with Crippen molar-refractivity contribution in [3.8, 4) is 6.07 Å². The van der Waals surface area contributed by atoms with Crippen molar-refractivity contribution in [1.29, 1.82) is 5.26 Å². The molecule has 1 aliphatic rings. The number of hydrogen-bond donors (Lipinski definition) is 1. The number of aliphatic hydroxyl groups is 1. The van der Waals surface area contributed by atoms with Crippen LogP contribution < -0.4 is 0 Å². The number of aryl methyl sites for hydroxylation is 1. The highest BCUT2D eigenvalue weighted by Crippen LogP contribution is 2.41. The van der Waals surface area contributed by atoms with Crippen LogP contribution in [0.1, 0.15) is 37.2 Å². The number of rotatable bonds is 8. The van der Waals surface area contributed by atoms with Crippen LogP contribution in [0.15, 0.2) is 48.8 Å². The number of carbonyl (C=O) groups is 2. The highest BCUT2D eigenvalue weighted by molar-refractivity contribution is 5.72. The third-order valence-corrected chi connectivity index (χ3v) is 6.06. The van der Waals surface area contributed by atoms with Crippen LogP contribution in [0.4, 0.5) is 0 Å². The largest absolute Gasteiger partial charge is 0.463 e. The van der Waals surface area contributed by atoms with Gasteiger partial charge in [0.1, 0.15) is 31.2 Å². The van der Waals surface area contributed by atoms with Crippen molar-refractivity contribution in [3.63, 3.8) is 0 Å². The normalized spacial score (nSPS) is 23.5. The summed E-state index contributed by atoms with van der Waals surface area (Å²) in [5, 5.41) is 25.8. The summed E-state index contributed by atoms with van der Waals surface area (Å²) in [6, 6.07) is 14.5. The molecule has 4 atom stereocenters. The molecular formula is C26H28N4O6. The summed E-state index contributed by atoms with van der Waals surface area (Å²) >= 11 is 0. The van der Waals surface area contributed by atoms with E-state index in [0.29, 0.717) is 11.2 Å². The van der Waals surface area contributed by atoms with Crippen LogP contribution in [0.3, 0.4) is 0 Å². The minimum absolute atomic E-state index is 0.0223. The van der Waals surface area contributed by atoms with Gasteiger partial charge in [0.2, 0.25) is 5.60 Å². The zero-order valence-electron chi connectivity index (χ0n) is 20.3.